The van der Waals surface area contributed by atoms with E-state index in [-0.39, 0.29) is 10.8 Å². The quantitative estimate of drug-likeness (QED) is 0.391. The fraction of sp³-hybridized carbons (Fsp3) is 0.318. The zero-order valence-corrected chi connectivity index (χ0v) is 14.9. The molecule has 0 spiro atoms. The molecular weight excluding hydrogens is 292 g/mol. The van der Waals surface area contributed by atoms with Gasteiger partial charge >= 0.3 is 0 Å². The van der Waals surface area contributed by atoms with Crippen LogP contribution in [0.2, 0.25) is 0 Å². The van der Waals surface area contributed by atoms with E-state index >= 15 is 0 Å². The van der Waals surface area contributed by atoms with Crippen molar-refractivity contribution in [1.29, 1.82) is 0 Å². The minimum Gasteiger partial charge on any atom is -0.295 e. The van der Waals surface area contributed by atoms with Crippen molar-refractivity contribution in [3.05, 3.63) is 59.4 Å². The number of pyridine rings is 1. The van der Waals surface area contributed by atoms with Gasteiger partial charge in [-0.1, -0.05) is 64.1 Å². The highest BCUT2D eigenvalue weighted by molar-refractivity contribution is 6.14. The summed E-state index contributed by atoms with van der Waals surface area (Å²) in [6, 6.07) is 13.4. The SMILES string of the molecule is Cc1cccc2c3cccc4c3n3c(cnc3c12)C(C)(C)C4(C)C. The lowest BCUT2D eigenvalue weighted by molar-refractivity contribution is 0.288. The van der Waals surface area contributed by atoms with Crippen LogP contribution < -0.4 is 0 Å². The van der Waals surface area contributed by atoms with Crippen LogP contribution in [-0.2, 0) is 10.8 Å². The van der Waals surface area contributed by atoms with Crippen molar-refractivity contribution in [3.8, 4) is 0 Å². The van der Waals surface area contributed by atoms with Gasteiger partial charge in [0.05, 0.1) is 5.52 Å². The first kappa shape index (κ1) is 14.0. The molecule has 0 saturated carbocycles. The molecule has 0 aliphatic carbocycles. The lowest BCUT2D eigenvalue weighted by Crippen LogP contribution is -2.44. The molecule has 1 aliphatic rings. The maximum atomic E-state index is 4.89. The molecule has 1 aliphatic heterocycles. The molecule has 0 saturated heterocycles. The topological polar surface area (TPSA) is 17.3 Å². The van der Waals surface area contributed by atoms with Crippen LogP contribution in [0.3, 0.4) is 0 Å². The number of imidazole rings is 1. The van der Waals surface area contributed by atoms with Crippen LogP contribution in [-0.4, -0.2) is 9.38 Å². The molecule has 0 N–H and O–H groups in total. The van der Waals surface area contributed by atoms with Crippen LogP contribution in [0, 0.1) is 6.92 Å². The number of hydrogen-bond acceptors (Lipinski definition) is 1. The van der Waals surface area contributed by atoms with Crippen molar-refractivity contribution in [1.82, 2.24) is 9.38 Å². The van der Waals surface area contributed by atoms with E-state index in [2.05, 4.69) is 81.6 Å². The first-order chi connectivity index (χ1) is 11.4. The van der Waals surface area contributed by atoms with Gasteiger partial charge in [-0.2, -0.15) is 0 Å². The number of para-hydroxylation sites is 1. The molecule has 120 valence electrons. The molecule has 0 radical (unpaired) electrons. The molecule has 2 heteroatoms. The molecule has 2 aromatic heterocycles. The molecule has 0 bridgehead atoms. The summed E-state index contributed by atoms with van der Waals surface area (Å²) >= 11 is 0. The molecular formula is C22H22N2. The van der Waals surface area contributed by atoms with E-state index in [1.807, 2.05) is 0 Å². The average molecular weight is 314 g/mol. The highest BCUT2D eigenvalue weighted by Crippen LogP contribution is 2.51. The van der Waals surface area contributed by atoms with Gasteiger partial charge in [0.25, 0.3) is 0 Å². The van der Waals surface area contributed by atoms with Gasteiger partial charge in [0, 0.05) is 33.5 Å². The molecule has 0 unspecified atom stereocenters. The van der Waals surface area contributed by atoms with Crippen molar-refractivity contribution in [3.63, 3.8) is 0 Å². The summed E-state index contributed by atoms with van der Waals surface area (Å²) in [6.45, 7) is 11.6. The zero-order valence-electron chi connectivity index (χ0n) is 14.9. The molecule has 2 nitrogen and oxygen atoms in total. The number of fused-ring (bicyclic) bond motifs is 3. The molecule has 2 aromatic carbocycles. The Bertz CT molecular complexity index is 1160. The fourth-order valence-corrected chi connectivity index (χ4v) is 4.55. The third-order valence-electron chi connectivity index (χ3n) is 6.68. The summed E-state index contributed by atoms with van der Waals surface area (Å²) in [5.41, 5.74) is 6.53. The van der Waals surface area contributed by atoms with Crippen molar-refractivity contribution in [2.24, 2.45) is 0 Å². The lowest BCUT2D eigenvalue weighted by atomic mass is 9.61. The normalized spacial score (nSPS) is 18.0. The summed E-state index contributed by atoms with van der Waals surface area (Å²) in [4.78, 5) is 4.89. The Balaban J connectivity index is 2.22. The molecule has 0 amide bonds. The van der Waals surface area contributed by atoms with Crippen molar-refractivity contribution in [2.45, 2.75) is 45.4 Å². The summed E-state index contributed by atoms with van der Waals surface area (Å²) in [7, 11) is 0. The maximum Gasteiger partial charge on any atom is 0.145 e. The summed E-state index contributed by atoms with van der Waals surface area (Å²) in [5.74, 6) is 0. The monoisotopic (exact) mass is 314 g/mol. The number of rotatable bonds is 0. The standard InChI is InChI=1S/C22H22N2/c1-13-8-6-9-14-15-10-7-11-16-19(15)24-17(12-23-20(24)18(13)14)22(4,5)21(16,2)3/h6-12H,1-5H3. The average Bonchev–Trinajstić information content (AvgIpc) is 2.99. The van der Waals surface area contributed by atoms with Crippen LogP contribution in [0.5, 0.6) is 0 Å². The Morgan fingerprint density at radius 2 is 1.58 bits per heavy atom. The molecule has 5 rings (SSSR count). The number of benzene rings is 2. The van der Waals surface area contributed by atoms with E-state index in [1.54, 1.807) is 0 Å². The van der Waals surface area contributed by atoms with Crippen molar-refractivity contribution >= 4 is 27.3 Å². The van der Waals surface area contributed by atoms with Crippen molar-refractivity contribution in [2.75, 3.05) is 0 Å². The summed E-state index contributed by atoms with van der Waals surface area (Å²) in [6.07, 6.45) is 2.10. The Kier molecular flexibility index (Phi) is 2.34. The first-order valence-electron chi connectivity index (χ1n) is 8.68. The smallest absolute Gasteiger partial charge is 0.145 e. The van der Waals surface area contributed by atoms with Gasteiger partial charge in [-0.3, -0.25) is 4.40 Å². The second kappa shape index (κ2) is 4.00. The van der Waals surface area contributed by atoms with E-state index in [9.17, 15) is 0 Å². The second-order valence-electron chi connectivity index (χ2n) is 8.25. The Morgan fingerprint density at radius 1 is 0.875 bits per heavy atom. The number of aromatic nitrogens is 2. The van der Waals surface area contributed by atoms with Crippen LogP contribution in [0.4, 0.5) is 0 Å². The Morgan fingerprint density at radius 3 is 2.38 bits per heavy atom. The minimum absolute atomic E-state index is 0.0179. The van der Waals surface area contributed by atoms with E-state index in [0.717, 1.165) is 5.65 Å². The predicted octanol–water partition coefficient (Wildman–Crippen LogP) is 5.52. The van der Waals surface area contributed by atoms with Gasteiger partial charge in [0.1, 0.15) is 5.65 Å². The third-order valence-corrected chi connectivity index (χ3v) is 6.68. The van der Waals surface area contributed by atoms with Gasteiger partial charge in [0.15, 0.2) is 0 Å². The lowest BCUT2D eigenvalue weighted by Gasteiger charge is -2.45. The van der Waals surface area contributed by atoms with Crippen LogP contribution in [0.25, 0.3) is 27.3 Å². The van der Waals surface area contributed by atoms with E-state index in [0.29, 0.717) is 0 Å². The van der Waals surface area contributed by atoms with Gasteiger partial charge in [-0.05, 0) is 23.4 Å². The zero-order chi connectivity index (χ0) is 16.9. The Labute approximate surface area is 142 Å². The molecule has 24 heavy (non-hydrogen) atoms. The Hall–Kier alpha value is -2.35. The van der Waals surface area contributed by atoms with Crippen LogP contribution in [0.15, 0.2) is 42.6 Å². The summed E-state index contributed by atoms with van der Waals surface area (Å²) in [5, 5.41) is 3.93. The first-order valence-corrected chi connectivity index (χ1v) is 8.68. The summed E-state index contributed by atoms with van der Waals surface area (Å²) < 4.78 is 2.42. The van der Waals surface area contributed by atoms with E-state index < -0.39 is 0 Å². The molecule has 0 fully saturated rings. The third kappa shape index (κ3) is 1.33. The van der Waals surface area contributed by atoms with Gasteiger partial charge in [-0.15, -0.1) is 0 Å². The van der Waals surface area contributed by atoms with Crippen LogP contribution in [0.1, 0.15) is 44.5 Å². The fourth-order valence-electron chi connectivity index (χ4n) is 4.55. The molecule has 4 aromatic rings. The van der Waals surface area contributed by atoms with Crippen molar-refractivity contribution < 1.29 is 0 Å². The highest BCUT2D eigenvalue weighted by Gasteiger charge is 2.46. The van der Waals surface area contributed by atoms with E-state index in [1.165, 1.54) is 38.5 Å². The van der Waals surface area contributed by atoms with Gasteiger partial charge in [-0.25, -0.2) is 4.98 Å². The van der Waals surface area contributed by atoms with Gasteiger partial charge in [0.2, 0.25) is 0 Å². The van der Waals surface area contributed by atoms with Crippen LogP contribution >= 0.6 is 0 Å². The number of hydrogen-bond donors (Lipinski definition) is 0. The molecule has 3 heterocycles. The predicted molar refractivity (Wildman–Crippen MR) is 101 cm³/mol. The maximum absolute atomic E-state index is 4.89. The van der Waals surface area contributed by atoms with E-state index in [4.69, 9.17) is 4.98 Å². The molecule has 0 atom stereocenters. The second-order valence-corrected chi connectivity index (χ2v) is 8.25. The number of aryl methyl sites for hydroxylation is 1. The minimum atomic E-state index is 0.0179. The number of nitrogens with zero attached hydrogens (tertiary/aromatic N) is 2. The van der Waals surface area contributed by atoms with Gasteiger partial charge < -0.3 is 0 Å². The highest BCUT2D eigenvalue weighted by atomic mass is 15.0. The largest absolute Gasteiger partial charge is 0.295 e.